The minimum Gasteiger partial charge on any atom is -0.355 e. The van der Waals surface area contributed by atoms with Gasteiger partial charge < -0.3 is 9.88 Å². The molecular weight excluding hydrogens is 388 g/mol. The van der Waals surface area contributed by atoms with E-state index in [1.807, 2.05) is 0 Å². The molecule has 0 aliphatic heterocycles. The maximum atomic E-state index is 3.64. The van der Waals surface area contributed by atoms with Crippen LogP contribution in [-0.4, -0.2) is 4.57 Å². The van der Waals surface area contributed by atoms with E-state index in [9.17, 15) is 0 Å². The number of nitrogens with one attached hydrogen (secondary N) is 1. The molecule has 5 aromatic rings. The molecule has 158 valence electrons. The number of anilines is 2. The smallest absolute Gasteiger partial charge is 0.0561 e. The Morgan fingerprint density at radius 3 is 2.09 bits per heavy atom. The molecule has 32 heavy (non-hydrogen) atoms. The Morgan fingerprint density at radius 2 is 1.28 bits per heavy atom. The van der Waals surface area contributed by atoms with Crippen molar-refractivity contribution in [2.75, 3.05) is 5.32 Å². The fourth-order valence-electron chi connectivity index (χ4n) is 5.34. The third-order valence-electron chi connectivity index (χ3n) is 6.96. The molecule has 0 atom stereocenters. The summed E-state index contributed by atoms with van der Waals surface area (Å²) in [5, 5.41) is 6.20. The number of aromatic nitrogens is 1. The van der Waals surface area contributed by atoms with Crippen molar-refractivity contribution in [1.29, 1.82) is 0 Å². The zero-order chi connectivity index (χ0) is 21.3. The van der Waals surface area contributed by atoms with Crippen LogP contribution in [0.1, 0.15) is 43.6 Å². The highest BCUT2D eigenvalue weighted by molar-refractivity contribution is 6.10. The van der Waals surface area contributed by atoms with Crippen molar-refractivity contribution < 1.29 is 0 Å². The molecule has 4 aromatic carbocycles. The van der Waals surface area contributed by atoms with E-state index >= 15 is 0 Å². The zero-order valence-corrected chi connectivity index (χ0v) is 18.3. The van der Waals surface area contributed by atoms with Gasteiger partial charge in [0, 0.05) is 27.8 Å². The van der Waals surface area contributed by atoms with Crippen molar-refractivity contribution >= 4 is 33.2 Å². The summed E-state index contributed by atoms with van der Waals surface area (Å²) in [7, 11) is 0. The first-order chi connectivity index (χ1) is 15.9. The molecule has 1 aliphatic rings. The Labute approximate surface area is 189 Å². The van der Waals surface area contributed by atoms with Gasteiger partial charge in [-0.1, -0.05) is 73.9 Å². The second-order valence-corrected chi connectivity index (χ2v) is 9.00. The van der Waals surface area contributed by atoms with Gasteiger partial charge in [-0.05, 0) is 66.8 Å². The average molecular weight is 417 g/mol. The summed E-state index contributed by atoms with van der Waals surface area (Å²) in [6.07, 6.45) is 6.83. The predicted molar refractivity (Wildman–Crippen MR) is 136 cm³/mol. The van der Waals surface area contributed by atoms with Crippen molar-refractivity contribution in [2.24, 2.45) is 0 Å². The summed E-state index contributed by atoms with van der Waals surface area (Å²) in [5.74, 6) is 0.746. The lowest BCUT2D eigenvalue weighted by molar-refractivity contribution is 0.443. The maximum absolute atomic E-state index is 3.64. The number of benzene rings is 4. The molecule has 1 saturated carbocycles. The Kier molecular flexibility index (Phi) is 4.92. The monoisotopic (exact) mass is 416 g/mol. The number of fused-ring (bicyclic) bond motifs is 3. The lowest BCUT2D eigenvalue weighted by Crippen LogP contribution is -2.04. The summed E-state index contributed by atoms with van der Waals surface area (Å²) < 4.78 is 2.36. The topological polar surface area (TPSA) is 17.0 Å². The van der Waals surface area contributed by atoms with Gasteiger partial charge in [0.2, 0.25) is 0 Å². The number of hydrogen-bond acceptors (Lipinski definition) is 1. The van der Waals surface area contributed by atoms with E-state index in [4.69, 9.17) is 0 Å². The first-order valence-corrected chi connectivity index (χ1v) is 11.8. The van der Waals surface area contributed by atoms with Gasteiger partial charge in [0.25, 0.3) is 0 Å². The van der Waals surface area contributed by atoms with Crippen LogP contribution in [0.2, 0.25) is 0 Å². The SMILES string of the molecule is c1ccc(-n2c3ccccc3c3ccc(Nc4ccc(C5CCCCC5)cc4)cc32)cc1. The number of rotatable bonds is 4. The lowest BCUT2D eigenvalue weighted by atomic mass is 9.84. The number of para-hydroxylation sites is 2. The Hall–Kier alpha value is -3.52. The number of hydrogen-bond donors (Lipinski definition) is 1. The minimum absolute atomic E-state index is 0.746. The van der Waals surface area contributed by atoms with Crippen LogP contribution in [0.25, 0.3) is 27.5 Å². The minimum atomic E-state index is 0.746. The van der Waals surface area contributed by atoms with Crippen molar-refractivity contribution in [3.8, 4) is 5.69 Å². The summed E-state index contributed by atoms with van der Waals surface area (Å²) in [6.45, 7) is 0. The fraction of sp³-hybridized carbons (Fsp3) is 0.200. The van der Waals surface area contributed by atoms with Crippen LogP contribution in [0, 0.1) is 0 Å². The highest BCUT2D eigenvalue weighted by atomic mass is 15.0. The summed E-state index contributed by atoms with van der Waals surface area (Å²) in [6, 6.07) is 35.1. The van der Waals surface area contributed by atoms with E-state index in [-0.39, 0.29) is 0 Å². The van der Waals surface area contributed by atoms with Crippen LogP contribution in [-0.2, 0) is 0 Å². The van der Waals surface area contributed by atoms with E-state index in [1.165, 1.54) is 65.2 Å². The first-order valence-electron chi connectivity index (χ1n) is 11.8. The predicted octanol–water partition coefficient (Wildman–Crippen LogP) is 8.58. The highest BCUT2D eigenvalue weighted by Gasteiger charge is 2.15. The molecule has 0 radical (unpaired) electrons. The molecule has 1 fully saturated rings. The third-order valence-corrected chi connectivity index (χ3v) is 6.96. The lowest BCUT2D eigenvalue weighted by Gasteiger charge is -2.22. The summed E-state index contributed by atoms with van der Waals surface area (Å²) in [4.78, 5) is 0. The van der Waals surface area contributed by atoms with Gasteiger partial charge in [-0.2, -0.15) is 0 Å². The van der Waals surface area contributed by atoms with E-state index in [1.54, 1.807) is 0 Å². The molecule has 2 heteroatoms. The molecule has 0 spiro atoms. The number of nitrogens with zero attached hydrogens (tertiary/aromatic N) is 1. The zero-order valence-electron chi connectivity index (χ0n) is 18.3. The van der Waals surface area contributed by atoms with Gasteiger partial charge in [-0.25, -0.2) is 0 Å². The van der Waals surface area contributed by atoms with Gasteiger partial charge in [-0.3, -0.25) is 0 Å². The van der Waals surface area contributed by atoms with Crippen LogP contribution < -0.4 is 5.32 Å². The van der Waals surface area contributed by atoms with E-state index in [2.05, 4.69) is 107 Å². The molecule has 0 unspecified atom stereocenters. The molecule has 1 aliphatic carbocycles. The molecule has 0 bridgehead atoms. The highest BCUT2D eigenvalue weighted by Crippen LogP contribution is 2.35. The van der Waals surface area contributed by atoms with Crippen LogP contribution in [0.15, 0.2) is 97.1 Å². The van der Waals surface area contributed by atoms with Crippen LogP contribution in [0.4, 0.5) is 11.4 Å². The second-order valence-electron chi connectivity index (χ2n) is 9.00. The largest absolute Gasteiger partial charge is 0.355 e. The van der Waals surface area contributed by atoms with Gasteiger partial charge in [0.1, 0.15) is 0 Å². The van der Waals surface area contributed by atoms with Gasteiger partial charge in [0.15, 0.2) is 0 Å². The van der Waals surface area contributed by atoms with Crippen LogP contribution >= 0.6 is 0 Å². The Bertz CT molecular complexity index is 1360. The van der Waals surface area contributed by atoms with Gasteiger partial charge in [0.05, 0.1) is 11.0 Å². The average Bonchev–Trinajstić information content (AvgIpc) is 3.19. The van der Waals surface area contributed by atoms with Crippen LogP contribution in [0.3, 0.4) is 0 Å². The normalized spacial score (nSPS) is 14.8. The third kappa shape index (κ3) is 3.46. The maximum Gasteiger partial charge on any atom is 0.0561 e. The Morgan fingerprint density at radius 1 is 0.594 bits per heavy atom. The first kappa shape index (κ1) is 19.2. The summed E-state index contributed by atoms with van der Waals surface area (Å²) in [5.41, 5.74) is 7.40. The fourth-order valence-corrected chi connectivity index (χ4v) is 5.34. The van der Waals surface area contributed by atoms with Gasteiger partial charge in [-0.15, -0.1) is 0 Å². The molecule has 0 amide bonds. The van der Waals surface area contributed by atoms with Crippen LogP contribution in [0.5, 0.6) is 0 Å². The quantitative estimate of drug-likeness (QED) is 0.310. The molecule has 1 heterocycles. The molecular formula is C30H28N2. The van der Waals surface area contributed by atoms with E-state index in [0.717, 1.165) is 17.3 Å². The second kappa shape index (κ2) is 8.20. The summed E-state index contributed by atoms with van der Waals surface area (Å²) >= 11 is 0. The molecule has 0 saturated heterocycles. The van der Waals surface area contributed by atoms with Gasteiger partial charge >= 0.3 is 0 Å². The standard InChI is InChI=1S/C30H28N2/c1-3-9-22(10-4-1)23-15-17-24(18-16-23)31-25-19-20-28-27-13-7-8-14-29(27)32(30(28)21-25)26-11-5-2-6-12-26/h2,5-8,11-22,31H,1,3-4,9-10H2. The molecule has 1 aromatic heterocycles. The Balaban J connectivity index is 1.37. The molecule has 6 rings (SSSR count). The van der Waals surface area contributed by atoms with Crippen molar-refractivity contribution in [3.63, 3.8) is 0 Å². The van der Waals surface area contributed by atoms with E-state index in [0.29, 0.717) is 0 Å². The molecule has 2 nitrogen and oxygen atoms in total. The van der Waals surface area contributed by atoms with Crippen molar-refractivity contribution in [2.45, 2.75) is 38.0 Å². The van der Waals surface area contributed by atoms with Crippen molar-refractivity contribution in [1.82, 2.24) is 4.57 Å². The van der Waals surface area contributed by atoms with Crippen molar-refractivity contribution in [3.05, 3.63) is 103 Å². The van der Waals surface area contributed by atoms with E-state index < -0.39 is 0 Å². The molecule has 1 N–H and O–H groups in total.